The molecule has 0 amide bonds. The predicted molar refractivity (Wildman–Crippen MR) is 70.6 cm³/mol. The third kappa shape index (κ3) is 4.54. The average molecular weight is 366 g/mol. The topological polar surface area (TPSA) is 42.9 Å². The molecule has 0 bridgehead atoms. The minimum Gasteiger partial charge on any atom is -0.254 e. The van der Waals surface area contributed by atoms with Crippen molar-refractivity contribution < 1.29 is 53.8 Å². The first-order chi connectivity index (χ1) is 7.95. The molecule has 3 aromatic rings. The molecule has 19 heavy (non-hydrogen) atoms. The van der Waals surface area contributed by atoms with Gasteiger partial charge >= 0.3 is 21.0 Å². The van der Waals surface area contributed by atoms with E-state index in [1.54, 1.807) is 12.4 Å². The van der Waals surface area contributed by atoms with Crippen molar-refractivity contribution in [3.63, 3.8) is 0 Å². The molecule has 2 aromatic heterocycles. The second-order valence-corrected chi connectivity index (χ2v) is 3.22. The Labute approximate surface area is 148 Å². The van der Waals surface area contributed by atoms with Crippen LogP contribution in [0.3, 0.4) is 0 Å². The molecule has 0 atom stereocenters. The summed E-state index contributed by atoms with van der Waals surface area (Å²) in [6.07, 6.45) is 3.60. The fraction of sp³-hybridized carbons (Fsp3) is 0. The zero-order valence-corrected chi connectivity index (χ0v) is 15.2. The zero-order chi connectivity index (χ0) is 11.4. The third-order valence-corrected chi connectivity index (χ3v) is 2.34. The monoisotopic (exact) mass is 366 g/mol. The fourth-order valence-corrected chi connectivity index (χ4v) is 1.68. The molecule has 94 valence electrons. The van der Waals surface area contributed by atoms with E-state index in [1.165, 1.54) is 0 Å². The molecule has 0 saturated heterocycles. The SMILES string of the molecule is [CH3-].[CH3-].[O]=[V+2].[Y].c1cnc2c(c1)ccc1cccnc12. The van der Waals surface area contributed by atoms with E-state index in [0.717, 1.165) is 39.2 Å². The van der Waals surface area contributed by atoms with Gasteiger partial charge in [0.25, 0.3) is 0 Å². The van der Waals surface area contributed by atoms with Gasteiger partial charge < -0.3 is 14.9 Å². The van der Waals surface area contributed by atoms with Gasteiger partial charge in [0.05, 0.1) is 11.0 Å². The molecule has 1 aromatic carbocycles. The second kappa shape index (κ2) is 10.3. The van der Waals surface area contributed by atoms with Crippen molar-refractivity contribution in [2.45, 2.75) is 0 Å². The zero-order valence-electron chi connectivity index (χ0n) is 10.9. The quantitative estimate of drug-likeness (QED) is 0.451. The van der Waals surface area contributed by atoms with Crippen LogP contribution in [-0.4, -0.2) is 9.97 Å². The van der Waals surface area contributed by atoms with Crippen LogP contribution in [0.4, 0.5) is 0 Å². The Balaban J connectivity index is 0. The van der Waals surface area contributed by atoms with Crippen LogP contribution in [0.2, 0.25) is 0 Å². The first-order valence-corrected chi connectivity index (χ1v) is 5.29. The van der Waals surface area contributed by atoms with Gasteiger partial charge in [0.1, 0.15) is 0 Å². The fourth-order valence-electron chi connectivity index (χ4n) is 1.68. The summed E-state index contributed by atoms with van der Waals surface area (Å²) < 4.78 is 8.19. The van der Waals surface area contributed by atoms with E-state index in [0.29, 0.717) is 0 Å². The summed E-state index contributed by atoms with van der Waals surface area (Å²) in [5.41, 5.74) is 1.95. The molecule has 3 rings (SSSR count). The summed E-state index contributed by atoms with van der Waals surface area (Å²) in [5.74, 6) is 0. The van der Waals surface area contributed by atoms with E-state index in [4.69, 9.17) is 3.67 Å². The number of hydrogen-bond donors (Lipinski definition) is 0. The largest absolute Gasteiger partial charge is 0.254 e. The van der Waals surface area contributed by atoms with Crippen molar-refractivity contribution in [1.29, 1.82) is 0 Å². The van der Waals surface area contributed by atoms with Crippen LogP contribution in [0.5, 0.6) is 0 Å². The number of fused-ring (bicyclic) bond motifs is 3. The minimum atomic E-state index is 0. The van der Waals surface area contributed by atoms with Gasteiger partial charge in [-0.05, 0) is 12.1 Å². The summed E-state index contributed by atoms with van der Waals surface area (Å²) >= 11 is 1.06. The van der Waals surface area contributed by atoms with Crippen molar-refractivity contribution >= 4 is 21.8 Å². The summed E-state index contributed by atoms with van der Waals surface area (Å²) in [4.78, 5) is 8.69. The number of rotatable bonds is 0. The van der Waals surface area contributed by atoms with Crippen molar-refractivity contribution in [3.8, 4) is 0 Å². The van der Waals surface area contributed by atoms with Crippen molar-refractivity contribution in [2.75, 3.05) is 0 Å². The standard InChI is InChI=1S/C12H8N2.2CH3.O.V.Y/c1-3-9-5-6-10-4-2-8-14-12(10)11(9)13-7-1;;;;;/h1-8H;2*1H3;;;/q;2*-1;;+2;. The Morgan fingerprint density at radius 1 is 0.737 bits per heavy atom. The maximum absolute atomic E-state index is 8.19. The van der Waals surface area contributed by atoms with E-state index in [2.05, 4.69) is 34.2 Å². The van der Waals surface area contributed by atoms with Gasteiger partial charge in [0, 0.05) is 55.9 Å². The number of hydrogen-bond acceptors (Lipinski definition) is 3. The van der Waals surface area contributed by atoms with Gasteiger partial charge in [-0.3, -0.25) is 9.97 Å². The van der Waals surface area contributed by atoms with Gasteiger partial charge in [-0.2, -0.15) is 0 Å². The minimum absolute atomic E-state index is 0. The van der Waals surface area contributed by atoms with E-state index >= 15 is 0 Å². The molecule has 0 spiro atoms. The van der Waals surface area contributed by atoms with Crippen LogP contribution in [0.1, 0.15) is 0 Å². The maximum atomic E-state index is 8.19. The Morgan fingerprint density at radius 3 is 1.47 bits per heavy atom. The molecule has 0 unspecified atom stereocenters. The molecular formula is C14H14N2OVY. The van der Waals surface area contributed by atoms with Crippen LogP contribution in [0.15, 0.2) is 48.8 Å². The summed E-state index contributed by atoms with van der Waals surface area (Å²) in [7, 11) is 0. The first-order valence-electron chi connectivity index (χ1n) is 4.72. The van der Waals surface area contributed by atoms with Crippen LogP contribution < -0.4 is 0 Å². The van der Waals surface area contributed by atoms with Gasteiger partial charge in [-0.25, -0.2) is 0 Å². The van der Waals surface area contributed by atoms with Crippen molar-refractivity contribution in [2.24, 2.45) is 0 Å². The predicted octanol–water partition coefficient (Wildman–Crippen LogP) is 3.56. The molecule has 0 aliphatic carbocycles. The van der Waals surface area contributed by atoms with Gasteiger partial charge in [0.15, 0.2) is 0 Å². The van der Waals surface area contributed by atoms with E-state index in [1.807, 2.05) is 12.1 Å². The van der Waals surface area contributed by atoms with Crippen LogP contribution >= 0.6 is 0 Å². The molecular weight excluding hydrogens is 352 g/mol. The molecule has 0 aliphatic rings. The first kappa shape index (κ1) is 20.8. The van der Waals surface area contributed by atoms with Gasteiger partial charge in [-0.15, -0.1) is 0 Å². The number of nitrogens with zero attached hydrogens (tertiary/aromatic N) is 2. The second-order valence-electron chi connectivity index (χ2n) is 3.22. The Kier molecular flexibility index (Phi) is 11.3. The van der Waals surface area contributed by atoms with E-state index in [9.17, 15) is 0 Å². The number of aromatic nitrogens is 2. The summed E-state index contributed by atoms with van der Waals surface area (Å²) in [6.45, 7) is 0. The molecule has 5 heteroatoms. The van der Waals surface area contributed by atoms with Crippen LogP contribution in [-0.2, 0) is 53.8 Å². The number of pyridine rings is 2. The molecule has 1 radical (unpaired) electrons. The average Bonchev–Trinajstić information content (AvgIpc) is 2.41. The maximum Gasteiger partial charge on any atom is 0.0964 e. The molecule has 0 saturated carbocycles. The molecule has 0 aliphatic heterocycles. The summed E-state index contributed by atoms with van der Waals surface area (Å²) in [6, 6.07) is 12.1. The Morgan fingerprint density at radius 2 is 1.11 bits per heavy atom. The van der Waals surface area contributed by atoms with Crippen LogP contribution in [0, 0.1) is 14.9 Å². The molecule has 3 nitrogen and oxygen atoms in total. The van der Waals surface area contributed by atoms with Gasteiger partial charge in [-0.1, -0.05) is 24.3 Å². The van der Waals surface area contributed by atoms with Crippen molar-refractivity contribution in [3.05, 3.63) is 63.6 Å². The normalized spacial score (nSPS) is 8.32. The summed E-state index contributed by atoms with van der Waals surface area (Å²) in [5, 5.41) is 2.28. The number of benzene rings is 1. The van der Waals surface area contributed by atoms with E-state index < -0.39 is 0 Å². The Bertz CT molecular complexity index is 579. The van der Waals surface area contributed by atoms with Crippen molar-refractivity contribution in [1.82, 2.24) is 9.97 Å². The molecule has 0 N–H and O–H groups in total. The molecule has 0 fully saturated rings. The third-order valence-electron chi connectivity index (χ3n) is 2.34. The molecule has 2 heterocycles. The van der Waals surface area contributed by atoms with Gasteiger partial charge in [0.2, 0.25) is 0 Å². The Hall–Kier alpha value is -0.472. The smallest absolute Gasteiger partial charge is 0.0964 e. The van der Waals surface area contributed by atoms with Crippen LogP contribution in [0.25, 0.3) is 21.8 Å². The van der Waals surface area contributed by atoms with E-state index in [-0.39, 0.29) is 47.6 Å².